The number of alkyl halides is 3. The summed E-state index contributed by atoms with van der Waals surface area (Å²) in [7, 11) is 4.30. The maximum absolute atomic E-state index is 13.8. The van der Waals surface area contributed by atoms with Crippen LogP contribution in [0.4, 0.5) is 46.8 Å². The Morgan fingerprint density at radius 1 is 1.10 bits per heavy atom. The van der Waals surface area contributed by atoms with E-state index in [4.69, 9.17) is 9.47 Å². The third-order valence-corrected chi connectivity index (χ3v) is 6.74. The van der Waals surface area contributed by atoms with Crippen LogP contribution in [0.2, 0.25) is 0 Å². The molecular weight excluding hydrogens is 553 g/mol. The average molecular weight is 583 g/mol. The van der Waals surface area contributed by atoms with Crippen molar-refractivity contribution >= 4 is 45.9 Å². The number of hydrogen-bond donors (Lipinski definition) is 3. The minimum absolute atomic E-state index is 0.0727. The number of carbonyl (C=O) groups is 1. The van der Waals surface area contributed by atoms with Gasteiger partial charge in [0.1, 0.15) is 33.9 Å². The number of nitrogens with one attached hydrogen (secondary N) is 3. The fourth-order valence-electron chi connectivity index (χ4n) is 3.59. The maximum atomic E-state index is 13.8. The molecule has 1 aromatic heterocycles. The Kier molecular flexibility index (Phi) is 9.63. The van der Waals surface area contributed by atoms with Crippen LogP contribution in [-0.4, -0.2) is 54.9 Å². The molecule has 1 amide bonds. The molecule has 0 aliphatic heterocycles. The summed E-state index contributed by atoms with van der Waals surface area (Å²) < 4.78 is 70.3. The monoisotopic (exact) mass is 582 g/mol. The van der Waals surface area contributed by atoms with Crippen molar-refractivity contribution in [2.45, 2.75) is 19.6 Å². The molecule has 3 rings (SSSR count). The molecule has 1 unspecified atom stereocenters. The van der Waals surface area contributed by atoms with Crippen LogP contribution in [0.15, 0.2) is 36.5 Å². The number of anilines is 5. The van der Waals surface area contributed by atoms with Crippen LogP contribution in [0.5, 0.6) is 11.5 Å². The lowest BCUT2D eigenvalue weighted by Crippen LogP contribution is -2.21. The van der Waals surface area contributed by atoms with E-state index < -0.39 is 34.6 Å². The second-order valence-corrected chi connectivity index (χ2v) is 9.73. The zero-order valence-electron chi connectivity index (χ0n) is 22.6. The number of rotatable bonds is 10. The highest BCUT2D eigenvalue weighted by Crippen LogP contribution is 2.37. The highest BCUT2D eigenvalue weighted by Gasteiger charge is 2.35. The zero-order chi connectivity index (χ0) is 29.6. The summed E-state index contributed by atoms with van der Waals surface area (Å²) in [6, 6.07) is 8.09. The Morgan fingerprint density at radius 2 is 1.82 bits per heavy atom. The zero-order valence-corrected chi connectivity index (χ0v) is 23.4. The van der Waals surface area contributed by atoms with E-state index in [1.165, 1.54) is 38.0 Å². The molecular formula is C25H29F3N6O5S. The highest BCUT2D eigenvalue weighted by molar-refractivity contribution is 7.85. The van der Waals surface area contributed by atoms with E-state index in [1.54, 1.807) is 38.2 Å². The molecule has 3 aromatic rings. The molecule has 0 spiro atoms. The van der Waals surface area contributed by atoms with Gasteiger partial charge in [0, 0.05) is 38.2 Å². The van der Waals surface area contributed by atoms with Crippen LogP contribution in [0.3, 0.4) is 0 Å². The first kappa shape index (κ1) is 30.3. The SMILES string of the molecule is COC(=O)Nc1cc(OC)c(Nc2ncc(C(F)(F)F)c(NCc3ccc(OC)cc3N(C)S(C)=O)n2)cc1C. The maximum Gasteiger partial charge on any atom is 0.421 e. The van der Waals surface area contributed by atoms with Crippen LogP contribution in [0.25, 0.3) is 0 Å². The lowest BCUT2D eigenvalue weighted by Gasteiger charge is -2.21. The van der Waals surface area contributed by atoms with E-state index in [0.717, 1.165) is 0 Å². The van der Waals surface area contributed by atoms with E-state index in [2.05, 4.69) is 30.7 Å². The first-order valence-corrected chi connectivity index (χ1v) is 13.1. The van der Waals surface area contributed by atoms with Crippen molar-refractivity contribution in [1.29, 1.82) is 0 Å². The summed E-state index contributed by atoms with van der Waals surface area (Å²) in [5.41, 5.74) is 1.38. The van der Waals surface area contributed by atoms with E-state index in [9.17, 15) is 22.2 Å². The fraction of sp³-hybridized carbons (Fsp3) is 0.320. The van der Waals surface area contributed by atoms with Gasteiger partial charge >= 0.3 is 12.3 Å². The predicted molar refractivity (Wildman–Crippen MR) is 147 cm³/mol. The van der Waals surface area contributed by atoms with Crippen LogP contribution in [0.1, 0.15) is 16.7 Å². The van der Waals surface area contributed by atoms with Gasteiger partial charge in [0.25, 0.3) is 0 Å². The molecule has 40 heavy (non-hydrogen) atoms. The van der Waals surface area contributed by atoms with E-state index in [-0.39, 0.29) is 18.2 Å². The van der Waals surface area contributed by atoms with E-state index in [0.29, 0.717) is 40.1 Å². The Morgan fingerprint density at radius 3 is 2.42 bits per heavy atom. The molecule has 2 aromatic carbocycles. The largest absolute Gasteiger partial charge is 0.497 e. The summed E-state index contributed by atoms with van der Waals surface area (Å²) in [5.74, 6) is 0.168. The first-order valence-electron chi connectivity index (χ1n) is 11.6. The van der Waals surface area contributed by atoms with Gasteiger partial charge in [0.2, 0.25) is 5.95 Å². The Bertz CT molecular complexity index is 1410. The molecule has 0 bridgehead atoms. The van der Waals surface area contributed by atoms with Crippen molar-refractivity contribution < 1.29 is 36.4 Å². The average Bonchev–Trinajstić information content (AvgIpc) is 2.92. The van der Waals surface area contributed by atoms with Crippen molar-refractivity contribution in [3.05, 3.63) is 53.2 Å². The summed E-state index contributed by atoms with van der Waals surface area (Å²) in [6.07, 6.45) is -3.26. The van der Waals surface area contributed by atoms with Crippen LogP contribution in [-0.2, 0) is 28.4 Å². The normalized spacial score (nSPS) is 11.8. The number of halogens is 3. The molecule has 0 saturated heterocycles. The van der Waals surface area contributed by atoms with E-state index >= 15 is 0 Å². The van der Waals surface area contributed by atoms with Crippen LogP contribution >= 0.6 is 0 Å². The lowest BCUT2D eigenvalue weighted by atomic mass is 10.1. The summed E-state index contributed by atoms with van der Waals surface area (Å²) in [4.78, 5) is 19.5. The molecule has 3 N–H and O–H groups in total. The first-order chi connectivity index (χ1) is 18.9. The molecule has 216 valence electrons. The number of ether oxygens (including phenoxy) is 3. The van der Waals surface area contributed by atoms with Crippen molar-refractivity contribution in [1.82, 2.24) is 9.97 Å². The molecule has 1 atom stereocenters. The molecule has 1 heterocycles. The Hall–Kier alpha value is -4.27. The summed E-state index contributed by atoms with van der Waals surface area (Å²) >= 11 is 0. The van der Waals surface area contributed by atoms with Gasteiger partial charge in [-0.2, -0.15) is 18.2 Å². The standard InChI is InChI=1S/C25H29F3N6O5S/c1-14-9-19(21(38-4)11-18(14)32-24(35)39-5)31-23-30-13-17(25(26,27)28)22(33-23)29-12-15-7-8-16(37-3)10-20(15)34(2)40(6)36/h7-11,13H,12H2,1-6H3,(H,32,35)(H2,29,30,31,33). The van der Waals surface area contributed by atoms with Crippen molar-refractivity contribution in [2.24, 2.45) is 0 Å². The quantitative estimate of drug-likeness (QED) is 0.300. The molecule has 0 saturated carbocycles. The van der Waals surface area contributed by atoms with E-state index in [1.807, 2.05) is 0 Å². The second-order valence-electron chi connectivity index (χ2n) is 8.33. The number of methoxy groups -OCH3 is 3. The van der Waals surface area contributed by atoms with Gasteiger partial charge in [-0.25, -0.2) is 14.0 Å². The number of hydrogen-bond acceptors (Lipinski definition) is 9. The van der Waals surface area contributed by atoms with Gasteiger partial charge in [0.15, 0.2) is 0 Å². The lowest BCUT2D eigenvalue weighted by molar-refractivity contribution is -0.137. The molecule has 11 nitrogen and oxygen atoms in total. The van der Waals surface area contributed by atoms with Gasteiger partial charge in [-0.15, -0.1) is 0 Å². The topological polar surface area (TPSA) is 127 Å². The Labute approximate surface area is 231 Å². The smallest absolute Gasteiger partial charge is 0.421 e. The van der Waals surface area contributed by atoms with Gasteiger partial charge < -0.3 is 24.8 Å². The summed E-state index contributed by atoms with van der Waals surface area (Å²) in [6.45, 7) is 1.64. The summed E-state index contributed by atoms with van der Waals surface area (Å²) in [5, 5.41) is 8.17. The minimum Gasteiger partial charge on any atom is -0.497 e. The van der Waals surface area contributed by atoms with Crippen molar-refractivity contribution in [3.8, 4) is 11.5 Å². The number of aryl methyl sites for hydroxylation is 1. The number of amides is 1. The van der Waals surface area contributed by atoms with Crippen molar-refractivity contribution in [2.75, 3.05) is 54.9 Å². The Balaban J connectivity index is 1.96. The van der Waals surface area contributed by atoms with Gasteiger partial charge in [0.05, 0.1) is 38.4 Å². The molecule has 0 radical (unpaired) electrons. The number of benzene rings is 2. The van der Waals surface area contributed by atoms with Gasteiger partial charge in [-0.3, -0.25) is 9.62 Å². The molecule has 0 fully saturated rings. The number of carbonyl (C=O) groups excluding carboxylic acids is 1. The van der Waals surface area contributed by atoms with Gasteiger partial charge in [-0.1, -0.05) is 6.07 Å². The minimum atomic E-state index is -4.74. The van der Waals surface area contributed by atoms with Crippen LogP contribution in [0, 0.1) is 6.92 Å². The highest BCUT2D eigenvalue weighted by atomic mass is 32.2. The number of aromatic nitrogens is 2. The second kappa shape index (κ2) is 12.7. The van der Waals surface area contributed by atoms with Gasteiger partial charge in [-0.05, 0) is 30.2 Å². The third-order valence-electron chi connectivity index (χ3n) is 5.77. The predicted octanol–water partition coefficient (Wildman–Crippen LogP) is 5.08. The van der Waals surface area contributed by atoms with Crippen LogP contribution < -0.4 is 29.7 Å². The number of nitrogens with zero attached hydrogens (tertiary/aromatic N) is 3. The fourth-order valence-corrected chi connectivity index (χ4v) is 4.03. The molecule has 15 heteroatoms. The third kappa shape index (κ3) is 7.22. The van der Waals surface area contributed by atoms with Crippen molar-refractivity contribution in [3.63, 3.8) is 0 Å². The molecule has 0 aliphatic carbocycles. The molecule has 0 aliphatic rings.